The summed E-state index contributed by atoms with van der Waals surface area (Å²) in [7, 11) is 0. The monoisotopic (exact) mass is 278 g/mol. The molecule has 5 nitrogen and oxygen atoms in total. The van der Waals surface area contributed by atoms with E-state index < -0.39 is 0 Å². The summed E-state index contributed by atoms with van der Waals surface area (Å²) in [6.45, 7) is 4.87. The first kappa shape index (κ1) is 15.2. The molecule has 0 atom stereocenters. The molecule has 5 heteroatoms. The average molecular weight is 278 g/mol. The van der Waals surface area contributed by atoms with E-state index in [4.69, 9.17) is 15.6 Å². The lowest BCUT2D eigenvalue weighted by Gasteiger charge is -2.35. The topological polar surface area (TPSA) is 73.1 Å². The summed E-state index contributed by atoms with van der Waals surface area (Å²) in [5.74, 6) is 7.04. The van der Waals surface area contributed by atoms with Crippen LogP contribution >= 0.6 is 0 Å². The van der Waals surface area contributed by atoms with Gasteiger partial charge in [-0.2, -0.15) is 0 Å². The van der Waals surface area contributed by atoms with Crippen molar-refractivity contribution in [2.45, 2.75) is 64.4 Å². The molecule has 0 saturated heterocycles. The van der Waals surface area contributed by atoms with Crippen LogP contribution in [0.25, 0.3) is 0 Å². The molecule has 1 saturated carbocycles. The quantitative estimate of drug-likeness (QED) is 0.618. The van der Waals surface area contributed by atoms with Gasteiger partial charge in [-0.25, -0.2) is 15.8 Å². The molecule has 0 aromatic carbocycles. The van der Waals surface area contributed by atoms with E-state index in [1.54, 1.807) is 0 Å². The SMILES string of the molecule is CCCc1cc(NN)nc(C2(OCC)CCCCC2)n1. The summed E-state index contributed by atoms with van der Waals surface area (Å²) in [5.41, 5.74) is 3.38. The molecule has 112 valence electrons. The highest BCUT2D eigenvalue weighted by Crippen LogP contribution is 2.39. The second kappa shape index (κ2) is 6.99. The molecule has 1 aromatic heterocycles. The summed E-state index contributed by atoms with van der Waals surface area (Å²) in [4.78, 5) is 9.33. The van der Waals surface area contributed by atoms with Crippen molar-refractivity contribution in [3.8, 4) is 0 Å². The number of nitrogen functional groups attached to an aromatic ring is 1. The molecule has 20 heavy (non-hydrogen) atoms. The number of hydrogen-bond donors (Lipinski definition) is 2. The van der Waals surface area contributed by atoms with Gasteiger partial charge in [-0.3, -0.25) is 0 Å². The smallest absolute Gasteiger partial charge is 0.162 e. The number of aromatic nitrogens is 2. The van der Waals surface area contributed by atoms with Crippen molar-refractivity contribution in [3.63, 3.8) is 0 Å². The van der Waals surface area contributed by atoms with E-state index >= 15 is 0 Å². The lowest BCUT2D eigenvalue weighted by atomic mass is 9.83. The Morgan fingerprint density at radius 3 is 2.60 bits per heavy atom. The fraction of sp³-hybridized carbons (Fsp3) is 0.733. The van der Waals surface area contributed by atoms with E-state index in [1.165, 1.54) is 19.3 Å². The lowest BCUT2D eigenvalue weighted by Crippen LogP contribution is -2.35. The van der Waals surface area contributed by atoms with Crippen LogP contribution in [0.15, 0.2) is 6.07 Å². The van der Waals surface area contributed by atoms with Crippen LogP contribution in [0.5, 0.6) is 0 Å². The molecule has 1 aliphatic carbocycles. The zero-order chi connectivity index (χ0) is 14.4. The number of nitrogens with zero attached hydrogens (tertiary/aromatic N) is 2. The third-order valence-corrected chi connectivity index (χ3v) is 3.92. The van der Waals surface area contributed by atoms with E-state index in [0.717, 1.165) is 37.2 Å². The maximum Gasteiger partial charge on any atom is 0.162 e. The molecule has 1 fully saturated rings. The van der Waals surface area contributed by atoms with Gasteiger partial charge in [0.1, 0.15) is 11.4 Å². The number of hydrogen-bond acceptors (Lipinski definition) is 5. The maximum absolute atomic E-state index is 6.10. The molecule has 1 aliphatic rings. The summed E-state index contributed by atoms with van der Waals surface area (Å²) in [6, 6.07) is 1.93. The van der Waals surface area contributed by atoms with Gasteiger partial charge in [-0.05, 0) is 26.2 Å². The first-order chi connectivity index (χ1) is 9.74. The van der Waals surface area contributed by atoms with Gasteiger partial charge < -0.3 is 10.2 Å². The maximum atomic E-state index is 6.10. The molecule has 3 N–H and O–H groups in total. The molecule has 0 bridgehead atoms. The number of nitrogens with one attached hydrogen (secondary N) is 1. The molecule has 0 aliphatic heterocycles. The summed E-state index contributed by atoms with van der Waals surface area (Å²) < 4.78 is 6.10. The Labute approximate surface area is 121 Å². The highest BCUT2D eigenvalue weighted by atomic mass is 16.5. The highest BCUT2D eigenvalue weighted by molar-refractivity contribution is 5.35. The van der Waals surface area contributed by atoms with E-state index in [9.17, 15) is 0 Å². The third-order valence-electron chi connectivity index (χ3n) is 3.92. The highest BCUT2D eigenvalue weighted by Gasteiger charge is 2.37. The Morgan fingerprint density at radius 2 is 2.00 bits per heavy atom. The Hall–Kier alpha value is -1.20. The van der Waals surface area contributed by atoms with Crippen molar-refractivity contribution in [1.82, 2.24) is 9.97 Å². The number of rotatable bonds is 6. The fourth-order valence-electron chi connectivity index (χ4n) is 2.99. The number of aryl methyl sites for hydroxylation is 1. The third kappa shape index (κ3) is 3.27. The molecule has 2 rings (SSSR count). The second-order valence-electron chi connectivity index (χ2n) is 5.45. The van der Waals surface area contributed by atoms with Crippen LogP contribution in [-0.4, -0.2) is 16.6 Å². The Kier molecular flexibility index (Phi) is 5.31. The van der Waals surface area contributed by atoms with Crippen LogP contribution in [0.4, 0.5) is 5.82 Å². The van der Waals surface area contributed by atoms with Crippen LogP contribution in [0.1, 0.15) is 63.9 Å². The number of anilines is 1. The van der Waals surface area contributed by atoms with Gasteiger partial charge >= 0.3 is 0 Å². The van der Waals surface area contributed by atoms with Crippen molar-refractivity contribution in [1.29, 1.82) is 0 Å². The van der Waals surface area contributed by atoms with Crippen molar-refractivity contribution < 1.29 is 4.74 Å². The number of hydrazine groups is 1. The van der Waals surface area contributed by atoms with E-state index in [-0.39, 0.29) is 5.60 Å². The van der Waals surface area contributed by atoms with Gasteiger partial charge in [-0.15, -0.1) is 0 Å². The van der Waals surface area contributed by atoms with Crippen LogP contribution in [0.3, 0.4) is 0 Å². The molecule has 1 heterocycles. The van der Waals surface area contributed by atoms with Gasteiger partial charge in [0.05, 0.1) is 0 Å². The molecule has 1 aromatic rings. The summed E-state index contributed by atoms with van der Waals surface area (Å²) in [5, 5.41) is 0. The molecular formula is C15H26N4O. The molecule has 0 unspecified atom stereocenters. The van der Waals surface area contributed by atoms with E-state index in [2.05, 4.69) is 17.3 Å². The van der Waals surface area contributed by atoms with Crippen molar-refractivity contribution >= 4 is 5.82 Å². The number of nitrogens with two attached hydrogens (primary N) is 1. The van der Waals surface area contributed by atoms with Crippen LogP contribution in [-0.2, 0) is 16.8 Å². The molecular weight excluding hydrogens is 252 g/mol. The molecule has 0 radical (unpaired) electrons. The van der Waals surface area contributed by atoms with E-state index in [1.807, 2.05) is 13.0 Å². The summed E-state index contributed by atoms with van der Waals surface area (Å²) in [6.07, 6.45) is 7.61. The normalized spacial score (nSPS) is 17.9. The second-order valence-corrected chi connectivity index (χ2v) is 5.45. The zero-order valence-corrected chi connectivity index (χ0v) is 12.6. The minimum absolute atomic E-state index is 0.317. The van der Waals surface area contributed by atoms with Crippen LogP contribution < -0.4 is 11.3 Å². The fourth-order valence-corrected chi connectivity index (χ4v) is 2.99. The van der Waals surface area contributed by atoms with Gasteiger partial charge in [-0.1, -0.05) is 32.6 Å². The van der Waals surface area contributed by atoms with Crippen molar-refractivity contribution in [2.75, 3.05) is 12.0 Å². The first-order valence-corrected chi connectivity index (χ1v) is 7.73. The molecule has 0 spiro atoms. The lowest BCUT2D eigenvalue weighted by molar-refractivity contribution is -0.0767. The van der Waals surface area contributed by atoms with Gasteiger partial charge in [0, 0.05) is 18.4 Å². The Morgan fingerprint density at radius 1 is 1.25 bits per heavy atom. The number of ether oxygens (including phenoxy) is 1. The van der Waals surface area contributed by atoms with Gasteiger partial charge in [0.15, 0.2) is 5.82 Å². The Balaban J connectivity index is 2.38. The largest absolute Gasteiger partial charge is 0.367 e. The predicted molar refractivity (Wildman–Crippen MR) is 80.2 cm³/mol. The van der Waals surface area contributed by atoms with Crippen molar-refractivity contribution in [2.24, 2.45) is 5.84 Å². The minimum atomic E-state index is -0.317. The van der Waals surface area contributed by atoms with Gasteiger partial charge in [0.25, 0.3) is 0 Å². The zero-order valence-electron chi connectivity index (χ0n) is 12.6. The van der Waals surface area contributed by atoms with Gasteiger partial charge in [0.2, 0.25) is 0 Å². The molecule has 0 amide bonds. The Bertz CT molecular complexity index is 424. The van der Waals surface area contributed by atoms with Crippen LogP contribution in [0.2, 0.25) is 0 Å². The first-order valence-electron chi connectivity index (χ1n) is 7.73. The van der Waals surface area contributed by atoms with Crippen LogP contribution in [0, 0.1) is 0 Å². The van der Waals surface area contributed by atoms with E-state index in [0.29, 0.717) is 12.4 Å². The van der Waals surface area contributed by atoms with Crippen molar-refractivity contribution in [3.05, 3.63) is 17.6 Å². The minimum Gasteiger partial charge on any atom is -0.367 e. The summed E-state index contributed by atoms with van der Waals surface area (Å²) >= 11 is 0. The average Bonchev–Trinajstić information content (AvgIpc) is 2.48. The standard InChI is InChI=1S/C15H26N4O/c1-3-8-12-11-13(19-16)18-14(17-12)15(20-4-2)9-6-5-7-10-15/h11H,3-10,16H2,1-2H3,(H,17,18,19). The predicted octanol–water partition coefficient (Wildman–Crippen LogP) is 2.91.